The van der Waals surface area contributed by atoms with Crippen LogP contribution in [-0.2, 0) is 10.2 Å². The van der Waals surface area contributed by atoms with Crippen LogP contribution >= 0.6 is 0 Å². The van der Waals surface area contributed by atoms with Gasteiger partial charge in [0.25, 0.3) is 0 Å². The van der Waals surface area contributed by atoms with Gasteiger partial charge in [0, 0.05) is 16.9 Å². The van der Waals surface area contributed by atoms with Crippen molar-refractivity contribution in [3.63, 3.8) is 0 Å². The van der Waals surface area contributed by atoms with Gasteiger partial charge in [0.05, 0.1) is 5.71 Å². The van der Waals surface area contributed by atoms with Crippen molar-refractivity contribution < 1.29 is 9.90 Å². The second kappa shape index (κ2) is 7.60. The van der Waals surface area contributed by atoms with Crippen LogP contribution < -0.4 is 5.43 Å². The fraction of sp³-hybridized carbons (Fsp3) is 0.308. The first-order chi connectivity index (χ1) is 14.3. The summed E-state index contributed by atoms with van der Waals surface area (Å²) in [6.45, 7) is 8.38. The highest BCUT2D eigenvalue weighted by Gasteiger charge is 2.44. The van der Waals surface area contributed by atoms with E-state index in [-0.39, 0.29) is 28.9 Å². The Bertz CT molecular complexity index is 1120. The molecule has 2 N–H and O–H groups in total. The lowest BCUT2D eigenvalue weighted by Crippen LogP contribution is -2.21. The van der Waals surface area contributed by atoms with Crippen LogP contribution in [0.4, 0.5) is 0 Å². The molecule has 0 heterocycles. The number of aromatic hydroxyl groups is 1. The lowest BCUT2D eigenvalue weighted by atomic mass is 9.86. The Morgan fingerprint density at radius 2 is 1.73 bits per heavy atom. The number of fused-ring (bicyclic) bond motifs is 1. The van der Waals surface area contributed by atoms with Crippen molar-refractivity contribution in [2.45, 2.75) is 45.4 Å². The second-order valence-electron chi connectivity index (χ2n) is 9.18. The second-order valence-corrected chi connectivity index (χ2v) is 9.18. The van der Waals surface area contributed by atoms with Gasteiger partial charge in [-0.05, 0) is 47.3 Å². The average Bonchev–Trinajstić information content (AvgIpc) is 3.53. The van der Waals surface area contributed by atoms with E-state index in [9.17, 15) is 9.90 Å². The zero-order valence-corrected chi connectivity index (χ0v) is 17.9. The summed E-state index contributed by atoms with van der Waals surface area (Å²) < 4.78 is 0. The third kappa shape index (κ3) is 3.95. The van der Waals surface area contributed by atoms with Crippen molar-refractivity contribution in [2.24, 2.45) is 11.0 Å². The van der Waals surface area contributed by atoms with Crippen molar-refractivity contribution in [1.82, 2.24) is 5.43 Å². The van der Waals surface area contributed by atoms with Crippen LogP contribution in [0.5, 0.6) is 5.75 Å². The van der Waals surface area contributed by atoms with Gasteiger partial charge in [-0.15, -0.1) is 0 Å². The quantitative estimate of drug-likeness (QED) is 0.449. The molecule has 4 nitrogen and oxygen atoms in total. The van der Waals surface area contributed by atoms with Crippen molar-refractivity contribution in [3.8, 4) is 5.75 Å². The molecule has 1 aliphatic carbocycles. The van der Waals surface area contributed by atoms with Gasteiger partial charge in [-0.1, -0.05) is 75.4 Å². The predicted molar refractivity (Wildman–Crippen MR) is 122 cm³/mol. The molecule has 3 aromatic carbocycles. The lowest BCUT2D eigenvalue weighted by molar-refractivity contribution is -0.122. The Kier molecular flexibility index (Phi) is 5.10. The minimum atomic E-state index is -0.0699. The molecule has 0 radical (unpaired) electrons. The van der Waals surface area contributed by atoms with Crippen molar-refractivity contribution in [1.29, 1.82) is 0 Å². The topological polar surface area (TPSA) is 61.7 Å². The normalized spacial score (nSPS) is 19.0. The van der Waals surface area contributed by atoms with E-state index in [0.717, 1.165) is 17.2 Å². The van der Waals surface area contributed by atoms with Gasteiger partial charge >= 0.3 is 0 Å². The molecular weight excluding hydrogens is 372 g/mol. The van der Waals surface area contributed by atoms with Gasteiger partial charge in [-0.25, -0.2) is 5.43 Å². The molecule has 0 unspecified atom stereocenters. The molecule has 1 saturated carbocycles. The van der Waals surface area contributed by atoms with Gasteiger partial charge in [0.2, 0.25) is 5.91 Å². The number of phenolic OH excluding ortho intramolecular Hbond substituents is 1. The van der Waals surface area contributed by atoms with E-state index < -0.39 is 0 Å². The Labute approximate surface area is 177 Å². The van der Waals surface area contributed by atoms with E-state index in [1.165, 1.54) is 11.1 Å². The first-order valence-corrected chi connectivity index (χ1v) is 10.4. The lowest BCUT2D eigenvalue weighted by Gasteiger charge is -2.19. The van der Waals surface area contributed by atoms with E-state index in [1.807, 2.05) is 36.4 Å². The minimum absolute atomic E-state index is 0.0489. The number of hydrogen-bond donors (Lipinski definition) is 2. The zero-order valence-electron chi connectivity index (χ0n) is 17.9. The maximum Gasteiger partial charge on any atom is 0.243 e. The fourth-order valence-corrected chi connectivity index (χ4v) is 3.91. The fourth-order valence-electron chi connectivity index (χ4n) is 3.91. The van der Waals surface area contributed by atoms with Crippen LogP contribution in [0.15, 0.2) is 65.8 Å². The monoisotopic (exact) mass is 400 g/mol. The minimum Gasteiger partial charge on any atom is -0.507 e. The van der Waals surface area contributed by atoms with Crippen LogP contribution in [0.3, 0.4) is 0 Å². The van der Waals surface area contributed by atoms with Crippen LogP contribution in [0.25, 0.3) is 10.8 Å². The van der Waals surface area contributed by atoms with Crippen molar-refractivity contribution in [3.05, 3.63) is 77.4 Å². The van der Waals surface area contributed by atoms with Crippen molar-refractivity contribution >= 4 is 22.4 Å². The van der Waals surface area contributed by atoms with Crippen LogP contribution in [0.1, 0.15) is 56.7 Å². The van der Waals surface area contributed by atoms with Gasteiger partial charge in [0.1, 0.15) is 5.75 Å². The molecule has 154 valence electrons. The third-order valence-corrected chi connectivity index (χ3v) is 5.96. The molecule has 3 aromatic rings. The molecular formula is C26H28N2O2. The number of benzene rings is 3. The number of nitrogens with one attached hydrogen (secondary N) is 1. The number of carbonyl (C=O) groups is 1. The molecule has 2 atom stereocenters. The third-order valence-electron chi connectivity index (χ3n) is 5.96. The maximum absolute atomic E-state index is 12.6. The molecule has 0 saturated heterocycles. The Morgan fingerprint density at radius 1 is 1.03 bits per heavy atom. The number of phenols is 1. The van der Waals surface area contributed by atoms with Crippen LogP contribution in [0, 0.1) is 5.92 Å². The molecule has 0 spiro atoms. The van der Waals surface area contributed by atoms with Crippen LogP contribution in [-0.4, -0.2) is 16.7 Å². The average molecular weight is 401 g/mol. The summed E-state index contributed by atoms with van der Waals surface area (Å²) in [5.74, 6) is 0.321. The van der Waals surface area contributed by atoms with Gasteiger partial charge < -0.3 is 5.11 Å². The van der Waals surface area contributed by atoms with Gasteiger partial charge in [-0.2, -0.15) is 5.10 Å². The number of nitrogens with zero attached hydrogens (tertiary/aromatic N) is 1. The molecule has 1 fully saturated rings. The highest BCUT2D eigenvalue weighted by atomic mass is 16.3. The summed E-state index contributed by atoms with van der Waals surface area (Å²) in [5.41, 5.74) is 6.52. The first-order valence-electron chi connectivity index (χ1n) is 10.4. The molecule has 0 aromatic heterocycles. The summed E-state index contributed by atoms with van der Waals surface area (Å²) >= 11 is 0. The summed E-state index contributed by atoms with van der Waals surface area (Å²) in [5, 5.41) is 16.6. The Balaban J connectivity index is 1.43. The number of hydrogen-bond acceptors (Lipinski definition) is 3. The SMILES string of the molecule is C/C(=N\NC(=O)[C@H]1C[C@H]1c1ccc(C(C)(C)C)cc1)c1ccc2ccccc2c1O. The van der Waals surface area contributed by atoms with E-state index >= 15 is 0 Å². The number of amides is 1. The van der Waals surface area contributed by atoms with Crippen LogP contribution in [0.2, 0.25) is 0 Å². The molecule has 1 amide bonds. The summed E-state index contributed by atoms with van der Waals surface area (Å²) in [6.07, 6.45) is 0.844. The Morgan fingerprint density at radius 3 is 2.43 bits per heavy atom. The smallest absolute Gasteiger partial charge is 0.243 e. The molecule has 4 rings (SSSR count). The summed E-state index contributed by atoms with van der Waals surface area (Å²) in [4.78, 5) is 12.6. The zero-order chi connectivity index (χ0) is 21.5. The highest BCUT2D eigenvalue weighted by Crippen LogP contribution is 2.47. The molecule has 4 heteroatoms. The van der Waals surface area contributed by atoms with E-state index in [0.29, 0.717) is 11.3 Å². The van der Waals surface area contributed by atoms with E-state index in [1.54, 1.807) is 6.92 Å². The van der Waals surface area contributed by atoms with E-state index in [2.05, 4.69) is 55.6 Å². The number of carbonyl (C=O) groups excluding carboxylic acids is 1. The predicted octanol–water partition coefficient (Wildman–Crippen LogP) is 5.49. The van der Waals surface area contributed by atoms with E-state index in [4.69, 9.17) is 0 Å². The summed E-state index contributed by atoms with van der Waals surface area (Å²) in [6, 6.07) is 20.0. The number of hydrazone groups is 1. The Hall–Kier alpha value is -3.14. The molecule has 1 aliphatic rings. The van der Waals surface area contributed by atoms with Crippen molar-refractivity contribution in [2.75, 3.05) is 0 Å². The molecule has 0 bridgehead atoms. The first kappa shape index (κ1) is 20.1. The summed E-state index contributed by atoms with van der Waals surface area (Å²) in [7, 11) is 0. The molecule has 30 heavy (non-hydrogen) atoms. The number of rotatable bonds is 4. The largest absolute Gasteiger partial charge is 0.507 e. The van der Waals surface area contributed by atoms with Gasteiger partial charge in [-0.3, -0.25) is 4.79 Å². The van der Waals surface area contributed by atoms with Gasteiger partial charge in [0.15, 0.2) is 0 Å². The standard InChI is InChI=1S/C26H28N2O2/c1-16(20-14-11-17-7-5-6-8-21(17)24(20)29)27-28-25(30)23-15-22(23)18-9-12-19(13-10-18)26(2,3)4/h5-14,22-23,29H,15H2,1-4H3,(H,28,30)/b27-16+/t22-,23-/m0/s1. The molecule has 0 aliphatic heterocycles. The maximum atomic E-state index is 12.6. The highest BCUT2D eigenvalue weighted by molar-refractivity contribution is 6.06.